The molecule has 0 saturated heterocycles. The molecule has 0 saturated carbocycles. The summed E-state index contributed by atoms with van der Waals surface area (Å²) in [6, 6.07) is 5.87. The maximum absolute atomic E-state index is 13.1. The van der Waals surface area contributed by atoms with E-state index in [9.17, 15) is 4.79 Å². The number of hydrogen-bond acceptors (Lipinski definition) is 5. The first kappa shape index (κ1) is 22.0. The van der Waals surface area contributed by atoms with Crippen LogP contribution in [0.2, 0.25) is 0 Å². The molecule has 0 radical (unpaired) electrons. The number of carbonyl (C=O) groups is 1. The minimum Gasteiger partial charge on any atom is -0.490 e. The van der Waals surface area contributed by atoms with Crippen LogP contribution in [0.5, 0.6) is 11.5 Å². The van der Waals surface area contributed by atoms with Crippen molar-refractivity contribution in [2.24, 2.45) is 11.3 Å². The summed E-state index contributed by atoms with van der Waals surface area (Å²) >= 11 is 1.77. The Morgan fingerprint density at radius 3 is 2.55 bits per heavy atom. The van der Waals surface area contributed by atoms with Crippen molar-refractivity contribution in [3.8, 4) is 11.5 Å². The van der Waals surface area contributed by atoms with Crippen molar-refractivity contribution >= 4 is 22.2 Å². The number of anilines is 1. The molecule has 1 aliphatic carbocycles. The first-order valence-electron chi connectivity index (χ1n) is 11.5. The van der Waals surface area contributed by atoms with E-state index in [0.717, 1.165) is 41.1 Å². The van der Waals surface area contributed by atoms with E-state index >= 15 is 0 Å². The van der Waals surface area contributed by atoms with Crippen LogP contribution in [0.15, 0.2) is 18.2 Å². The van der Waals surface area contributed by atoms with Gasteiger partial charge in [0.05, 0.1) is 18.8 Å². The van der Waals surface area contributed by atoms with Crippen molar-refractivity contribution in [1.29, 1.82) is 0 Å². The van der Waals surface area contributed by atoms with Gasteiger partial charge < -0.3 is 20.1 Å². The lowest BCUT2D eigenvalue weighted by Crippen LogP contribution is -2.38. The van der Waals surface area contributed by atoms with Gasteiger partial charge in [-0.05, 0) is 67.7 Å². The van der Waals surface area contributed by atoms with E-state index in [2.05, 4.69) is 31.4 Å². The first-order chi connectivity index (χ1) is 14.9. The van der Waals surface area contributed by atoms with Gasteiger partial charge in [-0.3, -0.25) is 4.79 Å². The highest BCUT2D eigenvalue weighted by Gasteiger charge is 2.37. The number of ether oxygens (including phenoxy) is 2. The fraction of sp³-hybridized carbons (Fsp3) is 0.560. The van der Waals surface area contributed by atoms with Crippen LogP contribution < -0.4 is 20.1 Å². The van der Waals surface area contributed by atoms with Gasteiger partial charge in [-0.2, -0.15) is 0 Å². The molecule has 2 heterocycles. The summed E-state index contributed by atoms with van der Waals surface area (Å²) in [4.78, 5) is 14.5. The fourth-order valence-electron chi connectivity index (χ4n) is 4.67. The molecule has 4 rings (SSSR count). The van der Waals surface area contributed by atoms with Gasteiger partial charge in [0.25, 0.3) is 5.91 Å². The van der Waals surface area contributed by atoms with Crippen molar-refractivity contribution < 1.29 is 14.3 Å². The van der Waals surface area contributed by atoms with Crippen molar-refractivity contribution in [1.82, 2.24) is 5.32 Å². The average Bonchev–Trinajstić information content (AvgIpc) is 3.13. The first-order valence-corrected chi connectivity index (χ1v) is 12.3. The van der Waals surface area contributed by atoms with Crippen LogP contribution in [-0.4, -0.2) is 19.1 Å². The third-order valence-corrected chi connectivity index (χ3v) is 8.15. The molecular weight excluding hydrogens is 408 g/mol. The third-order valence-electron chi connectivity index (χ3n) is 6.96. The predicted octanol–water partition coefficient (Wildman–Crippen LogP) is 5.94. The number of amides is 1. The van der Waals surface area contributed by atoms with Crippen molar-refractivity contribution in [2.45, 2.75) is 66.5 Å². The Hall–Kier alpha value is -2.21. The number of benzene rings is 1. The van der Waals surface area contributed by atoms with Crippen LogP contribution in [0.3, 0.4) is 0 Å². The van der Waals surface area contributed by atoms with Gasteiger partial charge in [0.15, 0.2) is 11.5 Å². The molecule has 1 amide bonds. The maximum atomic E-state index is 13.1. The number of fused-ring (bicyclic) bond motifs is 3. The minimum absolute atomic E-state index is 0.0243. The van der Waals surface area contributed by atoms with E-state index < -0.39 is 0 Å². The van der Waals surface area contributed by atoms with E-state index in [4.69, 9.17) is 9.47 Å². The lowest BCUT2D eigenvalue weighted by atomic mass is 9.69. The molecule has 5 nitrogen and oxygen atoms in total. The number of carbonyl (C=O) groups excluding carboxylic acids is 1. The summed E-state index contributed by atoms with van der Waals surface area (Å²) in [6.07, 6.45) is 4.12. The Morgan fingerprint density at radius 1 is 1.10 bits per heavy atom. The SMILES string of the molecule is CCOc1ccc([C@H]2NC(=O)c3c(sc4c3CC[C@H](C(C)(C)CC)C4)N2)cc1OCC. The summed E-state index contributed by atoms with van der Waals surface area (Å²) < 4.78 is 11.5. The van der Waals surface area contributed by atoms with Crippen molar-refractivity contribution in [3.05, 3.63) is 39.8 Å². The second-order valence-corrected chi connectivity index (χ2v) is 10.2. The van der Waals surface area contributed by atoms with Gasteiger partial charge in [-0.1, -0.05) is 33.3 Å². The zero-order valence-corrected chi connectivity index (χ0v) is 20.1. The van der Waals surface area contributed by atoms with Crippen molar-refractivity contribution in [2.75, 3.05) is 18.5 Å². The summed E-state index contributed by atoms with van der Waals surface area (Å²) in [6.45, 7) is 12.1. The van der Waals surface area contributed by atoms with Gasteiger partial charge in [-0.15, -0.1) is 11.3 Å². The molecule has 2 N–H and O–H groups in total. The Kier molecular flexibility index (Phi) is 6.20. The van der Waals surface area contributed by atoms with E-state index in [1.54, 1.807) is 11.3 Å². The van der Waals surface area contributed by atoms with Crippen LogP contribution >= 0.6 is 11.3 Å². The van der Waals surface area contributed by atoms with Crippen LogP contribution in [-0.2, 0) is 12.8 Å². The smallest absolute Gasteiger partial charge is 0.256 e. The molecule has 2 atom stereocenters. The van der Waals surface area contributed by atoms with Gasteiger partial charge in [0.1, 0.15) is 11.2 Å². The molecule has 1 aliphatic heterocycles. The average molecular weight is 443 g/mol. The molecule has 0 fully saturated rings. The quantitative estimate of drug-likeness (QED) is 0.557. The molecule has 6 heteroatoms. The highest BCUT2D eigenvalue weighted by atomic mass is 32.1. The van der Waals surface area contributed by atoms with Crippen LogP contribution in [0.25, 0.3) is 0 Å². The largest absolute Gasteiger partial charge is 0.490 e. The summed E-state index contributed by atoms with van der Waals surface area (Å²) in [5.74, 6) is 2.13. The Morgan fingerprint density at radius 2 is 1.84 bits per heavy atom. The zero-order valence-electron chi connectivity index (χ0n) is 19.3. The molecular formula is C25H34N2O3S. The van der Waals surface area contributed by atoms with Gasteiger partial charge >= 0.3 is 0 Å². The van der Waals surface area contributed by atoms with Gasteiger partial charge in [0, 0.05) is 4.88 Å². The third kappa shape index (κ3) is 4.14. The van der Waals surface area contributed by atoms with E-state index in [1.165, 1.54) is 16.9 Å². The van der Waals surface area contributed by atoms with Crippen molar-refractivity contribution in [3.63, 3.8) is 0 Å². The molecule has 2 aliphatic rings. The summed E-state index contributed by atoms with van der Waals surface area (Å²) in [5, 5.41) is 7.74. The highest BCUT2D eigenvalue weighted by Crippen LogP contribution is 2.47. The van der Waals surface area contributed by atoms with E-state index in [0.29, 0.717) is 30.3 Å². The van der Waals surface area contributed by atoms with Crippen LogP contribution in [0, 0.1) is 11.3 Å². The van der Waals surface area contributed by atoms with Crippen LogP contribution in [0.4, 0.5) is 5.00 Å². The molecule has 31 heavy (non-hydrogen) atoms. The summed E-state index contributed by atoms with van der Waals surface area (Å²) in [5.41, 5.74) is 3.41. The Bertz CT molecular complexity index is 966. The Balaban J connectivity index is 1.60. The molecule has 2 aromatic rings. The fourth-order valence-corrected chi connectivity index (χ4v) is 6.02. The standard InChI is InChI=1S/C25H34N2O3S/c1-6-25(4,5)16-10-11-17-20(14-16)31-24-21(17)23(28)26-22(27-24)15-9-12-18(29-7-2)19(13-15)30-8-3/h9,12-13,16,22,27H,6-8,10-11,14H2,1-5H3,(H,26,28)/t16-,22-/m0/s1. The van der Waals surface area contributed by atoms with Gasteiger partial charge in [-0.25, -0.2) is 0 Å². The number of thiophene rings is 1. The summed E-state index contributed by atoms with van der Waals surface area (Å²) in [7, 11) is 0. The predicted molar refractivity (Wildman–Crippen MR) is 127 cm³/mol. The second-order valence-electron chi connectivity index (χ2n) is 9.11. The minimum atomic E-state index is -0.280. The molecule has 0 bridgehead atoms. The molecule has 1 aromatic heterocycles. The van der Waals surface area contributed by atoms with Crippen LogP contribution in [0.1, 0.15) is 80.0 Å². The number of rotatable bonds is 7. The normalized spacial score (nSPS) is 20.4. The molecule has 1 aromatic carbocycles. The monoisotopic (exact) mass is 442 g/mol. The Labute approximate surface area is 189 Å². The highest BCUT2D eigenvalue weighted by molar-refractivity contribution is 7.16. The number of nitrogens with one attached hydrogen (secondary N) is 2. The lowest BCUT2D eigenvalue weighted by molar-refractivity contribution is 0.0934. The van der Waals surface area contributed by atoms with E-state index in [-0.39, 0.29) is 12.1 Å². The van der Waals surface area contributed by atoms with E-state index in [1.807, 2.05) is 32.0 Å². The number of hydrogen-bond donors (Lipinski definition) is 2. The zero-order chi connectivity index (χ0) is 22.2. The molecule has 0 unspecified atom stereocenters. The molecule has 0 spiro atoms. The lowest BCUT2D eigenvalue weighted by Gasteiger charge is -2.36. The molecule has 168 valence electrons. The second kappa shape index (κ2) is 8.73. The van der Waals surface area contributed by atoms with Gasteiger partial charge in [0.2, 0.25) is 0 Å². The maximum Gasteiger partial charge on any atom is 0.256 e. The topological polar surface area (TPSA) is 59.6 Å².